The predicted octanol–water partition coefficient (Wildman–Crippen LogP) is 3.87. The normalized spacial score (nSPS) is 10.2. The summed E-state index contributed by atoms with van der Waals surface area (Å²) < 4.78 is 11.5. The van der Waals surface area contributed by atoms with Crippen molar-refractivity contribution in [2.24, 2.45) is 0 Å². The highest BCUT2D eigenvalue weighted by molar-refractivity contribution is 5.83. The van der Waals surface area contributed by atoms with Crippen molar-refractivity contribution in [1.82, 2.24) is 5.32 Å². The first-order valence-corrected chi connectivity index (χ1v) is 9.21. The van der Waals surface area contributed by atoms with E-state index in [1.54, 1.807) is 0 Å². The maximum absolute atomic E-state index is 11.2. The van der Waals surface area contributed by atoms with Crippen LogP contribution in [-0.2, 0) is 11.2 Å². The second kappa shape index (κ2) is 9.98. The largest absolute Gasteiger partial charge is 0.490 e. The molecule has 0 saturated carbocycles. The predicted molar refractivity (Wildman–Crippen MR) is 108 cm³/mol. The number of rotatable bonds is 9. The molecule has 5 nitrogen and oxygen atoms in total. The Morgan fingerprint density at radius 3 is 2.32 bits per heavy atom. The van der Waals surface area contributed by atoms with Crippen molar-refractivity contribution in [2.75, 3.05) is 19.8 Å². The maximum Gasteiger partial charge on any atom is 0.234 e. The lowest BCUT2D eigenvalue weighted by Gasteiger charge is -2.10. The van der Waals surface area contributed by atoms with Crippen LogP contribution in [0.1, 0.15) is 12.0 Å². The van der Waals surface area contributed by atoms with Crippen LogP contribution in [0.5, 0.6) is 11.5 Å². The van der Waals surface area contributed by atoms with E-state index in [9.17, 15) is 4.79 Å². The van der Waals surface area contributed by atoms with Crippen molar-refractivity contribution in [3.8, 4) is 17.6 Å². The number of ether oxygens (including phenoxy) is 2. The lowest BCUT2D eigenvalue weighted by Crippen LogP contribution is -2.24. The molecule has 0 aliphatic heterocycles. The minimum Gasteiger partial charge on any atom is -0.490 e. The molecule has 0 fully saturated rings. The van der Waals surface area contributed by atoms with Gasteiger partial charge in [-0.3, -0.25) is 4.79 Å². The number of amides is 1. The van der Waals surface area contributed by atoms with Gasteiger partial charge in [0.1, 0.15) is 31.1 Å². The maximum atomic E-state index is 11.2. The van der Waals surface area contributed by atoms with Gasteiger partial charge in [0.15, 0.2) is 0 Å². The quantitative estimate of drug-likeness (QED) is 0.577. The smallest absolute Gasteiger partial charge is 0.234 e. The van der Waals surface area contributed by atoms with Gasteiger partial charge >= 0.3 is 0 Å². The van der Waals surface area contributed by atoms with Gasteiger partial charge in [0.05, 0.1) is 6.07 Å². The topological polar surface area (TPSA) is 71.4 Å². The van der Waals surface area contributed by atoms with Crippen molar-refractivity contribution in [3.63, 3.8) is 0 Å². The van der Waals surface area contributed by atoms with E-state index in [1.165, 1.54) is 5.39 Å². The molecule has 3 aromatic rings. The molecule has 1 amide bonds. The highest BCUT2D eigenvalue weighted by Crippen LogP contribution is 2.20. The van der Waals surface area contributed by atoms with Gasteiger partial charge in [0.25, 0.3) is 0 Å². The zero-order chi connectivity index (χ0) is 19.6. The second-order valence-corrected chi connectivity index (χ2v) is 6.28. The number of hydrogen-bond donors (Lipinski definition) is 1. The molecule has 0 radical (unpaired) electrons. The van der Waals surface area contributed by atoms with Gasteiger partial charge in [-0.15, -0.1) is 0 Å². The molecule has 0 aliphatic carbocycles. The molecule has 0 aliphatic rings. The van der Waals surface area contributed by atoms with E-state index in [0.717, 1.165) is 22.4 Å². The second-order valence-electron chi connectivity index (χ2n) is 6.28. The third kappa shape index (κ3) is 5.75. The molecule has 0 unspecified atom stereocenters. The standard InChI is InChI=1S/C23H22N2O3/c24-13-11-23(26)25-14-12-18-5-8-21(9-6-18)27-15-16-28-22-10-7-19-3-1-2-4-20(19)17-22/h1-10,17H,11-12,14-16H2,(H,25,26). The van der Waals surface area contributed by atoms with Crippen LogP contribution < -0.4 is 14.8 Å². The van der Waals surface area contributed by atoms with Gasteiger partial charge in [0.2, 0.25) is 5.91 Å². The molecule has 28 heavy (non-hydrogen) atoms. The van der Waals surface area contributed by atoms with E-state index >= 15 is 0 Å². The SMILES string of the molecule is N#CCC(=O)NCCc1ccc(OCCOc2ccc3ccccc3c2)cc1. The Morgan fingerprint density at radius 2 is 1.57 bits per heavy atom. The Morgan fingerprint density at radius 1 is 0.893 bits per heavy atom. The van der Waals surface area contributed by atoms with Crippen LogP contribution in [-0.4, -0.2) is 25.7 Å². The number of benzene rings is 3. The third-order valence-electron chi connectivity index (χ3n) is 4.24. The summed E-state index contributed by atoms with van der Waals surface area (Å²) in [7, 11) is 0. The Hall–Kier alpha value is -3.52. The van der Waals surface area contributed by atoms with E-state index in [2.05, 4.69) is 17.4 Å². The first-order valence-electron chi connectivity index (χ1n) is 9.21. The minimum absolute atomic E-state index is 0.103. The average Bonchev–Trinajstić information content (AvgIpc) is 2.72. The van der Waals surface area contributed by atoms with E-state index in [1.807, 2.05) is 60.7 Å². The van der Waals surface area contributed by atoms with Crippen molar-refractivity contribution < 1.29 is 14.3 Å². The number of nitriles is 1. The summed E-state index contributed by atoms with van der Waals surface area (Å²) in [5, 5.41) is 13.5. The fourth-order valence-electron chi connectivity index (χ4n) is 2.81. The molecule has 0 bridgehead atoms. The Balaban J connectivity index is 1.38. The van der Waals surface area contributed by atoms with Gasteiger partial charge in [-0.25, -0.2) is 0 Å². The molecular formula is C23H22N2O3. The molecule has 3 aromatic carbocycles. The number of carbonyl (C=O) groups is 1. The molecule has 0 saturated heterocycles. The average molecular weight is 374 g/mol. The first-order chi connectivity index (χ1) is 13.7. The monoisotopic (exact) mass is 374 g/mol. The van der Waals surface area contributed by atoms with E-state index in [0.29, 0.717) is 26.2 Å². The Labute approximate surface area is 164 Å². The summed E-state index contributed by atoms with van der Waals surface area (Å²) in [5.41, 5.74) is 1.09. The molecule has 0 heterocycles. The van der Waals surface area contributed by atoms with Crippen molar-refractivity contribution in [3.05, 3.63) is 72.3 Å². The lowest BCUT2D eigenvalue weighted by atomic mass is 10.1. The van der Waals surface area contributed by atoms with Gasteiger partial charge in [0, 0.05) is 6.54 Å². The van der Waals surface area contributed by atoms with Crippen LogP contribution in [0.2, 0.25) is 0 Å². The molecule has 142 valence electrons. The summed E-state index contributed by atoms with van der Waals surface area (Å²) in [6.07, 6.45) is 0.608. The van der Waals surface area contributed by atoms with E-state index < -0.39 is 0 Å². The highest BCUT2D eigenvalue weighted by Gasteiger charge is 2.01. The number of nitrogens with one attached hydrogen (secondary N) is 1. The molecule has 0 atom stereocenters. The van der Waals surface area contributed by atoms with Gasteiger partial charge in [-0.2, -0.15) is 5.26 Å². The summed E-state index contributed by atoms with van der Waals surface area (Å²) in [6, 6.07) is 23.8. The Kier molecular flexibility index (Phi) is 6.86. The van der Waals surface area contributed by atoms with Crippen molar-refractivity contribution >= 4 is 16.7 Å². The van der Waals surface area contributed by atoms with Crippen molar-refractivity contribution in [2.45, 2.75) is 12.8 Å². The van der Waals surface area contributed by atoms with Crippen LogP contribution >= 0.6 is 0 Å². The first kappa shape index (κ1) is 19.2. The van der Waals surface area contributed by atoms with Gasteiger partial charge < -0.3 is 14.8 Å². The van der Waals surface area contributed by atoms with Crippen LogP contribution in [0.4, 0.5) is 0 Å². The zero-order valence-electron chi connectivity index (χ0n) is 15.6. The number of fused-ring (bicyclic) bond motifs is 1. The van der Waals surface area contributed by atoms with Crippen LogP contribution in [0.25, 0.3) is 10.8 Å². The van der Waals surface area contributed by atoms with Crippen LogP contribution in [0.3, 0.4) is 0 Å². The van der Waals surface area contributed by atoms with Crippen LogP contribution in [0.15, 0.2) is 66.7 Å². The number of hydrogen-bond acceptors (Lipinski definition) is 4. The van der Waals surface area contributed by atoms with Gasteiger partial charge in [-0.1, -0.05) is 42.5 Å². The summed E-state index contributed by atoms with van der Waals surface area (Å²) in [4.78, 5) is 11.2. The van der Waals surface area contributed by atoms with Gasteiger partial charge in [-0.05, 0) is 47.0 Å². The molecule has 0 spiro atoms. The fraction of sp³-hybridized carbons (Fsp3) is 0.217. The summed E-state index contributed by atoms with van der Waals surface area (Å²) >= 11 is 0. The third-order valence-corrected chi connectivity index (χ3v) is 4.24. The van der Waals surface area contributed by atoms with E-state index in [4.69, 9.17) is 14.7 Å². The highest BCUT2D eigenvalue weighted by atomic mass is 16.5. The molecule has 5 heteroatoms. The summed E-state index contributed by atoms with van der Waals surface area (Å²) in [5.74, 6) is 1.37. The van der Waals surface area contributed by atoms with E-state index in [-0.39, 0.29) is 12.3 Å². The fourth-order valence-corrected chi connectivity index (χ4v) is 2.81. The minimum atomic E-state index is -0.242. The van der Waals surface area contributed by atoms with Crippen LogP contribution in [0, 0.1) is 11.3 Å². The Bertz CT molecular complexity index is 961. The molecule has 0 aromatic heterocycles. The molecular weight excluding hydrogens is 352 g/mol. The summed E-state index contributed by atoms with van der Waals surface area (Å²) in [6.45, 7) is 1.43. The zero-order valence-corrected chi connectivity index (χ0v) is 15.6. The molecule has 3 rings (SSSR count). The lowest BCUT2D eigenvalue weighted by molar-refractivity contribution is -0.120. The number of carbonyl (C=O) groups excluding carboxylic acids is 1. The molecule has 1 N–H and O–H groups in total. The number of nitrogens with zero attached hydrogens (tertiary/aromatic N) is 1. The van der Waals surface area contributed by atoms with Crippen molar-refractivity contribution in [1.29, 1.82) is 5.26 Å².